The van der Waals surface area contributed by atoms with Gasteiger partial charge in [-0.3, -0.25) is 0 Å². The van der Waals surface area contributed by atoms with Crippen LogP contribution in [0.1, 0.15) is 11.6 Å². The predicted molar refractivity (Wildman–Crippen MR) is 57.0 cm³/mol. The van der Waals surface area contributed by atoms with E-state index in [1.807, 2.05) is 0 Å². The Morgan fingerprint density at radius 2 is 1.65 bits per heavy atom. The Bertz CT molecular complexity index is 416. The van der Waals surface area contributed by atoms with Crippen molar-refractivity contribution in [1.29, 1.82) is 0 Å². The summed E-state index contributed by atoms with van der Waals surface area (Å²) < 4.78 is 75.4. The fourth-order valence-corrected chi connectivity index (χ4v) is 1.64. The first-order valence-electron chi connectivity index (χ1n) is 4.22. The van der Waals surface area contributed by atoms with Gasteiger partial charge in [-0.05, 0) is 40.8 Å². The Morgan fingerprint density at radius 1 is 1.12 bits per heavy atom. The molecule has 0 spiro atoms. The van der Waals surface area contributed by atoms with Gasteiger partial charge in [0.15, 0.2) is 0 Å². The molecule has 17 heavy (non-hydrogen) atoms. The van der Waals surface area contributed by atoms with Crippen LogP contribution in [-0.2, 0) is 0 Å². The Balaban J connectivity index is 3.21. The average molecular weight is 369 g/mol. The minimum Gasteiger partial charge on any atom is -0.319 e. The highest BCUT2D eigenvalue weighted by Gasteiger charge is 2.62. The van der Waals surface area contributed by atoms with E-state index in [9.17, 15) is 26.3 Å². The summed E-state index contributed by atoms with van der Waals surface area (Å²) >= 11 is 1.66. The molecule has 0 aliphatic heterocycles. The molecule has 2 N–H and O–H groups in total. The van der Waals surface area contributed by atoms with Crippen LogP contribution in [0, 0.1) is 9.39 Å². The zero-order chi connectivity index (χ0) is 13.4. The minimum atomic E-state index is -5.82. The van der Waals surface area contributed by atoms with E-state index in [0.717, 1.165) is 12.1 Å². The monoisotopic (exact) mass is 369 g/mol. The number of halogens is 7. The summed E-state index contributed by atoms with van der Waals surface area (Å²) in [7, 11) is 0. The van der Waals surface area contributed by atoms with Crippen molar-refractivity contribution in [3.63, 3.8) is 0 Å². The third kappa shape index (κ3) is 2.84. The quantitative estimate of drug-likeness (QED) is 0.626. The Hall–Kier alpha value is -0.510. The second-order valence-corrected chi connectivity index (χ2v) is 4.51. The van der Waals surface area contributed by atoms with Gasteiger partial charge in [0.1, 0.15) is 11.9 Å². The van der Waals surface area contributed by atoms with Crippen LogP contribution in [0.3, 0.4) is 0 Å². The molecule has 96 valence electrons. The molecule has 0 aromatic heterocycles. The summed E-state index contributed by atoms with van der Waals surface area (Å²) in [6, 6.07) is 0.124. The van der Waals surface area contributed by atoms with Gasteiger partial charge in [-0.25, -0.2) is 4.39 Å². The van der Waals surface area contributed by atoms with Crippen molar-refractivity contribution in [3.8, 4) is 0 Å². The van der Waals surface area contributed by atoms with Crippen molar-refractivity contribution in [2.24, 2.45) is 5.73 Å². The summed E-state index contributed by atoms with van der Waals surface area (Å²) in [6.45, 7) is 0. The lowest BCUT2D eigenvalue weighted by Crippen LogP contribution is -2.46. The van der Waals surface area contributed by atoms with Gasteiger partial charge in [0, 0.05) is 9.13 Å². The third-order valence-corrected chi connectivity index (χ3v) is 2.73. The Kier molecular flexibility index (Phi) is 3.97. The topological polar surface area (TPSA) is 26.0 Å². The normalized spacial score (nSPS) is 14.8. The molecule has 1 aromatic carbocycles. The highest BCUT2D eigenvalue weighted by molar-refractivity contribution is 14.1. The number of nitrogens with two attached hydrogens (primary N) is 1. The maximum atomic E-state index is 13.2. The van der Waals surface area contributed by atoms with Gasteiger partial charge in [0.2, 0.25) is 0 Å². The molecule has 1 rings (SSSR count). The molecule has 0 unspecified atom stereocenters. The molecule has 0 saturated heterocycles. The second kappa shape index (κ2) is 4.63. The summed E-state index contributed by atoms with van der Waals surface area (Å²) in [5, 5.41) is 0. The molecule has 0 aliphatic rings. The van der Waals surface area contributed by atoms with Crippen LogP contribution >= 0.6 is 22.6 Å². The summed E-state index contributed by atoms with van der Waals surface area (Å²) in [5.41, 5.74) is 3.95. The fraction of sp³-hybridized carbons (Fsp3) is 0.333. The molecule has 1 aromatic rings. The largest absolute Gasteiger partial charge is 0.455 e. The highest BCUT2D eigenvalue weighted by atomic mass is 127. The summed E-state index contributed by atoms with van der Waals surface area (Å²) in [5.74, 6) is -6.38. The molecule has 1 atom stereocenters. The van der Waals surface area contributed by atoms with Gasteiger partial charge in [0.05, 0.1) is 0 Å². The van der Waals surface area contributed by atoms with Gasteiger partial charge >= 0.3 is 12.1 Å². The molecule has 0 fully saturated rings. The molecule has 1 nitrogen and oxygen atoms in total. The van der Waals surface area contributed by atoms with E-state index in [0.29, 0.717) is 3.57 Å². The number of rotatable bonds is 2. The number of alkyl halides is 5. The molecule has 0 radical (unpaired) electrons. The molecule has 0 saturated carbocycles. The summed E-state index contributed by atoms with van der Waals surface area (Å²) in [6.07, 6.45) is -5.82. The van der Waals surface area contributed by atoms with E-state index in [-0.39, 0.29) is 0 Å². The van der Waals surface area contributed by atoms with Gasteiger partial charge in [0.25, 0.3) is 0 Å². The zero-order valence-electron chi connectivity index (χ0n) is 8.03. The van der Waals surface area contributed by atoms with Crippen LogP contribution in [0.4, 0.5) is 26.3 Å². The lowest BCUT2D eigenvalue weighted by Gasteiger charge is -2.26. The second-order valence-electron chi connectivity index (χ2n) is 3.26. The lowest BCUT2D eigenvalue weighted by molar-refractivity contribution is -0.291. The van der Waals surface area contributed by atoms with Gasteiger partial charge in [-0.1, -0.05) is 0 Å². The lowest BCUT2D eigenvalue weighted by atomic mass is 10.0. The first kappa shape index (κ1) is 14.6. The molecule has 0 amide bonds. The Labute approximate surface area is 106 Å². The zero-order valence-corrected chi connectivity index (χ0v) is 10.2. The van der Waals surface area contributed by atoms with Gasteiger partial charge in [-0.15, -0.1) is 0 Å². The number of benzene rings is 1. The predicted octanol–water partition coefficient (Wildman–Crippen LogP) is 3.63. The summed E-state index contributed by atoms with van der Waals surface area (Å²) in [4.78, 5) is 0. The van der Waals surface area contributed by atoms with Crippen LogP contribution in [0.2, 0.25) is 0 Å². The number of hydrogen-bond donors (Lipinski definition) is 1. The van der Waals surface area contributed by atoms with E-state index in [2.05, 4.69) is 0 Å². The van der Waals surface area contributed by atoms with E-state index in [4.69, 9.17) is 5.73 Å². The SMILES string of the molecule is N[C@@H](c1cc(I)ccc1F)C(F)(F)C(F)(F)F. The van der Waals surface area contributed by atoms with Crippen LogP contribution < -0.4 is 5.73 Å². The van der Waals surface area contributed by atoms with E-state index in [1.165, 1.54) is 6.07 Å². The van der Waals surface area contributed by atoms with Crippen molar-refractivity contribution in [2.45, 2.75) is 18.1 Å². The van der Waals surface area contributed by atoms with Crippen LogP contribution in [0.25, 0.3) is 0 Å². The van der Waals surface area contributed by atoms with Crippen molar-refractivity contribution in [3.05, 3.63) is 33.1 Å². The molecular weight excluding hydrogens is 363 g/mol. The van der Waals surface area contributed by atoms with Crippen LogP contribution in [-0.4, -0.2) is 12.1 Å². The first-order chi connectivity index (χ1) is 7.57. The molecule has 0 bridgehead atoms. The fourth-order valence-electron chi connectivity index (χ4n) is 1.12. The minimum absolute atomic E-state index is 0.312. The highest BCUT2D eigenvalue weighted by Crippen LogP contribution is 2.43. The molecule has 8 heteroatoms. The maximum Gasteiger partial charge on any atom is 0.455 e. The van der Waals surface area contributed by atoms with Gasteiger partial charge < -0.3 is 5.73 Å². The third-order valence-electron chi connectivity index (χ3n) is 2.06. The molecule has 0 heterocycles. The molecular formula is C9H6F6IN. The van der Waals surface area contributed by atoms with E-state index in [1.54, 1.807) is 22.6 Å². The van der Waals surface area contributed by atoms with Crippen LogP contribution in [0.15, 0.2) is 18.2 Å². The maximum absolute atomic E-state index is 13.2. The van der Waals surface area contributed by atoms with E-state index < -0.39 is 29.5 Å². The van der Waals surface area contributed by atoms with Crippen molar-refractivity contribution < 1.29 is 26.3 Å². The van der Waals surface area contributed by atoms with Crippen molar-refractivity contribution in [2.75, 3.05) is 0 Å². The Morgan fingerprint density at radius 3 is 2.12 bits per heavy atom. The van der Waals surface area contributed by atoms with Crippen molar-refractivity contribution >= 4 is 22.6 Å². The van der Waals surface area contributed by atoms with Gasteiger partial charge in [-0.2, -0.15) is 22.0 Å². The standard InChI is InChI=1S/C9H6F6IN/c10-6-2-1-4(16)3-5(6)7(17)8(11,12)9(13,14)15/h1-3,7H,17H2/t7-/m0/s1. The van der Waals surface area contributed by atoms with E-state index >= 15 is 0 Å². The molecule has 0 aliphatic carbocycles. The number of hydrogen-bond acceptors (Lipinski definition) is 1. The van der Waals surface area contributed by atoms with Crippen molar-refractivity contribution in [1.82, 2.24) is 0 Å². The van der Waals surface area contributed by atoms with Crippen LogP contribution in [0.5, 0.6) is 0 Å². The smallest absolute Gasteiger partial charge is 0.319 e. The average Bonchev–Trinajstić information content (AvgIpc) is 2.19. The first-order valence-corrected chi connectivity index (χ1v) is 5.30.